The molecule has 2 aromatic carbocycles. The smallest absolute Gasteiger partial charge is 0.423 e. The van der Waals surface area contributed by atoms with Crippen molar-refractivity contribution in [2.75, 3.05) is 5.32 Å². The normalized spacial score (nSPS) is 13.5. The molecule has 1 aliphatic rings. The fourth-order valence-electron chi connectivity index (χ4n) is 2.13. The van der Waals surface area contributed by atoms with Crippen LogP contribution in [-0.2, 0) is 17.8 Å². The maximum Gasteiger partial charge on any atom is 0.491 e. The Kier molecular flexibility index (Phi) is 3.47. The third-order valence-corrected chi connectivity index (χ3v) is 3.47. The van der Waals surface area contributed by atoms with Crippen molar-refractivity contribution in [2.24, 2.45) is 0 Å². The summed E-state index contributed by atoms with van der Waals surface area (Å²) in [5.41, 5.74) is 4.02. The second kappa shape index (κ2) is 5.25. The fraction of sp³-hybridized carbons (Fsp3) is 0.143. The van der Waals surface area contributed by atoms with Crippen LogP contribution in [0.25, 0.3) is 0 Å². The van der Waals surface area contributed by atoms with Crippen LogP contribution in [0.5, 0.6) is 0 Å². The third-order valence-electron chi connectivity index (χ3n) is 3.22. The van der Waals surface area contributed by atoms with Crippen molar-refractivity contribution in [3.8, 4) is 0 Å². The van der Waals surface area contributed by atoms with Crippen LogP contribution in [0.3, 0.4) is 0 Å². The van der Waals surface area contributed by atoms with E-state index in [1.807, 2.05) is 42.5 Å². The van der Waals surface area contributed by atoms with Gasteiger partial charge in [-0.2, -0.15) is 0 Å². The Morgan fingerprint density at radius 1 is 1.21 bits per heavy atom. The quantitative estimate of drug-likeness (QED) is 0.842. The lowest BCUT2D eigenvalue weighted by Gasteiger charge is -2.08. The van der Waals surface area contributed by atoms with Gasteiger partial charge in [0.25, 0.3) is 0 Å². The van der Waals surface area contributed by atoms with Crippen molar-refractivity contribution in [1.82, 2.24) is 0 Å². The molecule has 3 nitrogen and oxygen atoms in total. The van der Waals surface area contributed by atoms with E-state index in [1.54, 1.807) is 0 Å². The van der Waals surface area contributed by atoms with E-state index < -0.39 is 7.12 Å². The lowest BCUT2D eigenvalue weighted by molar-refractivity contribution is 0.275. The van der Waals surface area contributed by atoms with E-state index in [1.165, 1.54) is 0 Å². The lowest BCUT2D eigenvalue weighted by atomic mass is 9.79. The molecule has 0 aliphatic carbocycles. The monoisotopic (exact) mass is 273 g/mol. The topological polar surface area (TPSA) is 41.5 Å². The number of fused-ring (bicyclic) bond motifs is 1. The zero-order valence-corrected chi connectivity index (χ0v) is 11.0. The predicted octanol–water partition coefficient (Wildman–Crippen LogP) is 2.17. The van der Waals surface area contributed by atoms with E-state index in [0.717, 1.165) is 27.3 Å². The highest BCUT2D eigenvalue weighted by atomic mass is 35.5. The summed E-state index contributed by atoms with van der Waals surface area (Å²) in [6, 6.07) is 13.6. The number of nitrogens with one attached hydrogen (secondary N) is 1. The minimum Gasteiger partial charge on any atom is -0.423 e. The Morgan fingerprint density at radius 3 is 2.79 bits per heavy atom. The standard InChI is InChI=1S/C14H13BClNO2/c16-12-4-1-10(2-5-12)8-17-13-6-3-11-9-19-15(18)14(11)7-13/h1-7,17-18H,8-9H2. The lowest BCUT2D eigenvalue weighted by Crippen LogP contribution is -2.28. The second-order valence-corrected chi connectivity index (χ2v) is 4.99. The highest BCUT2D eigenvalue weighted by Crippen LogP contribution is 2.16. The van der Waals surface area contributed by atoms with E-state index in [2.05, 4.69) is 5.32 Å². The summed E-state index contributed by atoms with van der Waals surface area (Å²) in [5.74, 6) is 0. The Bertz CT molecular complexity index is 588. The van der Waals surface area contributed by atoms with E-state index in [9.17, 15) is 5.02 Å². The molecule has 2 N–H and O–H groups in total. The van der Waals surface area contributed by atoms with Gasteiger partial charge in [0.2, 0.25) is 0 Å². The van der Waals surface area contributed by atoms with Gasteiger partial charge in [0.1, 0.15) is 0 Å². The molecule has 0 aromatic heterocycles. The Morgan fingerprint density at radius 2 is 2.00 bits per heavy atom. The molecule has 0 saturated heterocycles. The molecule has 3 rings (SSSR count). The van der Waals surface area contributed by atoms with Gasteiger partial charge in [-0.25, -0.2) is 0 Å². The van der Waals surface area contributed by atoms with Gasteiger partial charge in [0.15, 0.2) is 0 Å². The average Bonchev–Trinajstić information content (AvgIpc) is 2.80. The minimum absolute atomic E-state index is 0.480. The summed E-state index contributed by atoms with van der Waals surface area (Å²) >= 11 is 5.85. The first-order valence-corrected chi connectivity index (χ1v) is 6.51. The second-order valence-electron chi connectivity index (χ2n) is 4.56. The molecule has 0 fully saturated rings. The molecule has 2 aromatic rings. The number of hydrogen-bond donors (Lipinski definition) is 2. The molecule has 0 unspecified atom stereocenters. The van der Waals surface area contributed by atoms with E-state index >= 15 is 0 Å². The number of benzene rings is 2. The maximum absolute atomic E-state index is 9.66. The van der Waals surface area contributed by atoms with Crippen LogP contribution in [0.1, 0.15) is 11.1 Å². The first kappa shape index (κ1) is 12.5. The van der Waals surface area contributed by atoms with Crippen molar-refractivity contribution in [2.45, 2.75) is 13.2 Å². The van der Waals surface area contributed by atoms with Gasteiger partial charge >= 0.3 is 7.12 Å². The average molecular weight is 274 g/mol. The van der Waals surface area contributed by atoms with Gasteiger partial charge < -0.3 is 15.0 Å². The van der Waals surface area contributed by atoms with Crippen LogP contribution in [0.15, 0.2) is 42.5 Å². The predicted molar refractivity (Wildman–Crippen MR) is 77.6 cm³/mol. The summed E-state index contributed by atoms with van der Waals surface area (Å²) in [4.78, 5) is 0. The van der Waals surface area contributed by atoms with Gasteiger partial charge in [-0.05, 0) is 40.9 Å². The van der Waals surface area contributed by atoms with Crippen molar-refractivity contribution in [3.05, 3.63) is 58.6 Å². The van der Waals surface area contributed by atoms with Crippen LogP contribution in [0.4, 0.5) is 5.69 Å². The van der Waals surface area contributed by atoms with Crippen molar-refractivity contribution in [1.29, 1.82) is 0 Å². The largest absolute Gasteiger partial charge is 0.491 e. The summed E-state index contributed by atoms with van der Waals surface area (Å²) in [5, 5.41) is 13.7. The Balaban J connectivity index is 1.70. The zero-order chi connectivity index (χ0) is 13.2. The molecule has 5 heteroatoms. The molecule has 0 bridgehead atoms. The Hall–Kier alpha value is -1.49. The van der Waals surface area contributed by atoms with Crippen LogP contribution >= 0.6 is 11.6 Å². The molecule has 1 aliphatic heterocycles. The first-order chi connectivity index (χ1) is 9.22. The summed E-state index contributed by atoms with van der Waals surface area (Å²) in [7, 11) is -0.799. The number of halogens is 1. The number of hydrogen-bond acceptors (Lipinski definition) is 3. The zero-order valence-electron chi connectivity index (χ0n) is 10.3. The molecule has 1 heterocycles. The van der Waals surface area contributed by atoms with Crippen LogP contribution < -0.4 is 10.8 Å². The molecule has 96 valence electrons. The van der Waals surface area contributed by atoms with Gasteiger partial charge in [0, 0.05) is 17.3 Å². The summed E-state index contributed by atoms with van der Waals surface area (Å²) in [6.45, 7) is 1.20. The van der Waals surface area contributed by atoms with E-state index in [0.29, 0.717) is 13.2 Å². The number of rotatable bonds is 3. The van der Waals surface area contributed by atoms with Gasteiger partial charge in [0.05, 0.1) is 6.61 Å². The van der Waals surface area contributed by atoms with Gasteiger partial charge in [-0.3, -0.25) is 0 Å². The van der Waals surface area contributed by atoms with Gasteiger partial charge in [-0.15, -0.1) is 0 Å². The molecule has 0 spiro atoms. The third kappa shape index (κ3) is 2.76. The molecule has 0 amide bonds. The van der Waals surface area contributed by atoms with Crippen molar-refractivity contribution in [3.63, 3.8) is 0 Å². The van der Waals surface area contributed by atoms with E-state index in [4.69, 9.17) is 16.3 Å². The molecule has 0 saturated carbocycles. The SMILES string of the molecule is OB1OCc2ccc(NCc3ccc(Cl)cc3)cc21. The molecule has 19 heavy (non-hydrogen) atoms. The van der Waals surface area contributed by atoms with Gasteiger partial charge in [-0.1, -0.05) is 29.8 Å². The first-order valence-electron chi connectivity index (χ1n) is 6.13. The summed E-state index contributed by atoms with van der Waals surface area (Å²) < 4.78 is 5.17. The molecule has 0 atom stereocenters. The molecule has 0 radical (unpaired) electrons. The van der Waals surface area contributed by atoms with Crippen LogP contribution in [-0.4, -0.2) is 12.1 Å². The maximum atomic E-state index is 9.66. The van der Waals surface area contributed by atoms with Crippen molar-refractivity contribution >= 4 is 29.9 Å². The minimum atomic E-state index is -0.799. The van der Waals surface area contributed by atoms with Crippen LogP contribution in [0.2, 0.25) is 5.02 Å². The van der Waals surface area contributed by atoms with E-state index in [-0.39, 0.29) is 0 Å². The van der Waals surface area contributed by atoms with Crippen LogP contribution in [0, 0.1) is 0 Å². The number of anilines is 1. The fourth-order valence-corrected chi connectivity index (χ4v) is 2.26. The highest BCUT2D eigenvalue weighted by Gasteiger charge is 2.27. The summed E-state index contributed by atoms with van der Waals surface area (Å²) in [6.07, 6.45) is 0. The highest BCUT2D eigenvalue weighted by molar-refractivity contribution is 6.61. The molecular formula is C14H13BClNO2. The Labute approximate surface area is 117 Å². The van der Waals surface area contributed by atoms with Crippen molar-refractivity contribution < 1.29 is 9.68 Å². The molecular weight excluding hydrogens is 260 g/mol.